The van der Waals surface area contributed by atoms with Crippen LogP contribution in [0.4, 0.5) is 0 Å². The van der Waals surface area contributed by atoms with Gasteiger partial charge in [0, 0.05) is 23.2 Å². The summed E-state index contributed by atoms with van der Waals surface area (Å²) in [7, 11) is 0. The van der Waals surface area contributed by atoms with Crippen LogP contribution in [0.25, 0.3) is 11.1 Å². The monoisotopic (exact) mass is 334 g/mol. The molecule has 0 amide bonds. The number of hydrogen-bond donors (Lipinski definition) is 1. The molecule has 0 bridgehead atoms. The Morgan fingerprint density at radius 2 is 1.62 bits per heavy atom. The van der Waals surface area contributed by atoms with E-state index in [9.17, 15) is 4.79 Å². The third-order valence-electron chi connectivity index (χ3n) is 3.86. The molecule has 2 aromatic carbocycles. The summed E-state index contributed by atoms with van der Waals surface area (Å²) in [5.41, 5.74) is 4.58. The fourth-order valence-electron chi connectivity index (χ4n) is 2.56. The van der Waals surface area contributed by atoms with E-state index in [0.29, 0.717) is 23.4 Å². The number of aromatic nitrogens is 1. The first-order valence-corrected chi connectivity index (χ1v) is 7.96. The second-order valence-corrected chi connectivity index (χ2v) is 6.01. The molecule has 3 nitrogen and oxygen atoms in total. The molecule has 0 unspecified atom stereocenters. The smallest absolute Gasteiger partial charge is 0.251 e. The number of nitrogens with one attached hydrogen (secondary N) is 1. The normalized spacial score (nSPS) is 10.3. The number of aromatic amines is 1. The van der Waals surface area contributed by atoms with Gasteiger partial charge in [-0.1, -0.05) is 48.0 Å². The average molecular weight is 335 g/mol. The van der Waals surface area contributed by atoms with Crippen molar-refractivity contribution in [2.24, 2.45) is 0 Å². The van der Waals surface area contributed by atoms with Crippen LogP contribution in [0.15, 0.2) is 65.6 Å². The van der Waals surface area contributed by atoms with E-state index in [1.54, 1.807) is 6.20 Å². The molecule has 3 aromatic rings. The zero-order valence-electron chi connectivity index (χ0n) is 12.9. The lowest BCUT2D eigenvalue weighted by molar-refractivity contribution is 1.10. The highest BCUT2D eigenvalue weighted by molar-refractivity contribution is 6.30. The van der Waals surface area contributed by atoms with Gasteiger partial charge in [-0.3, -0.25) is 4.79 Å². The molecular weight excluding hydrogens is 320 g/mol. The first kappa shape index (κ1) is 16.0. The van der Waals surface area contributed by atoms with Crippen LogP contribution in [-0.4, -0.2) is 4.98 Å². The second-order valence-electron chi connectivity index (χ2n) is 5.58. The summed E-state index contributed by atoms with van der Waals surface area (Å²) in [6.45, 7) is 0. The molecule has 24 heavy (non-hydrogen) atoms. The second kappa shape index (κ2) is 7.16. The molecule has 1 heterocycles. The Morgan fingerprint density at radius 3 is 2.29 bits per heavy atom. The molecule has 0 fully saturated rings. The molecule has 3 rings (SSSR count). The Labute approximate surface area is 145 Å². The summed E-state index contributed by atoms with van der Waals surface area (Å²) in [5, 5.41) is 9.41. The molecule has 0 atom stereocenters. The van der Waals surface area contributed by atoms with Gasteiger partial charge in [-0.2, -0.15) is 5.26 Å². The predicted octanol–water partition coefficient (Wildman–Crippen LogP) is 4.35. The van der Waals surface area contributed by atoms with Crippen LogP contribution < -0.4 is 5.56 Å². The van der Waals surface area contributed by atoms with Gasteiger partial charge in [0.2, 0.25) is 0 Å². The number of nitrogens with zero attached hydrogens (tertiary/aromatic N) is 1. The number of benzene rings is 2. The first-order valence-electron chi connectivity index (χ1n) is 7.58. The lowest BCUT2D eigenvalue weighted by Crippen LogP contribution is -2.12. The molecule has 0 aliphatic heterocycles. The highest BCUT2D eigenvalue weighted by Crippen LogP contribution is 2.20. The highest BCUT2D eigenvalue weighted by atomic mass is 35.5. The minimum atomic E-state index is -0.0881. The minimum Gasteiger partial charge on any atom is -0.328 e. The number of nitriles is 1. The number of pyridine rings is 1. The van der Waals surface area contributed by atoms with E-state index in [4.69, 9.17) is 16.9 Å². The van der Waals surface area contributed by atoms with Crippen molar-refractivity contribution in [1.29, 1.82) is 5.26 Å². The van der Waals surface area contributed by atoms with Gasteiger partial charge in [-0.05, 0) is 40.5 Å². The zero-order valence-corrected chi connectivity index (χ0v) is 13.7. The summed E-state index contributed by atoms with van der Waals surface area (Å²) < 4.78 is 0. The van der Waals surface area contributed by atoms with E-state index < -0.39 is 0 Å². The fourth-order valence-corrected chi connectivity index (χ4v) is 2.68. The Hall–Kier alpha value is -2.83. The highest BCUT2D eigenvalue weighted by Gasteiger charge is 2.06. The van der Waals surface area contributed by atoms with Gasteiger partial charge in [0.25, 0.3) is 5.56 Å². The largest absolute Gasteiger partial charge is 0.328 e. The van der Waals surface area contributed by atoms with Crippen LogP contribution >= 0.6 is 11.6 Å². The maximum atomic E-state index is 12.1. The van der Waals surface area contributed by atoms with Crippen molar-refractivity contribution in [2.45, 2.75) is 12.8 Å². The summed E-state index contributed by atoms with van der Waals surface area (Å²) in [6, 6.07) is 19.3. The Bertz CT molecular complexity index is 935. The van der Waals surface area contributed by atoms with Crippen LogP contribution in [0.3, 0.4) is 0 Å². The van der Waals surface area contributed by atoms with Crippen molar-refractivity contribution < 1.29 is 0 Å². The van der Waals surface area contributed by atoms with Crippen LogP contribution in [0, 0.1) is 11.3 Å². The summed E-state index contributed by atoms with van der Waals surface area (Å²) in [6.07, 6.45) is 2.66. The lowest BCUT2D eigenvalue weighted by Gasteiger charge is -2.06. The van der Waals surface area contributed by atoms with Crippen molar-refractivity contribution >= 4 is 11.6 Å². The molecule has 4 heteroatoms. The Morgan fingerprint density at radius 1 is 0.958 bits per heavy atom. The van der Waals surface area contributed by atoms with Gasteiger partial charge in [-0.25, -0.2) is 0 Å². The molecule has 0 saturated heterocycles. The molecule has 0 saturated carbocycles. The van der Waals surface area contributed by atoms with Crippen molar-refractivity contribution in [3.63, 3.8) is 0 Å². The van der Waals surface area contributed by atoms with Gasteiger partial charge in [-0.15, -0.1) is 0 Å². The predicted molar refractivity (Wildman–Crippen MR) is 96.1 cm³/mol. The van der Waals surface area contributed by atoms with Crippen LogP contribution in [0.1, 0.15) is 16.7 Å². The van der Waals surface area contributed by atoms with Crippen LogP contribution in [0.5, 0.6) is 0 Å². The SMILES string of the molecule is N#CCc1ccc(-c2c[nH]c(=O)c(Cc3ccc(Cl)cc3)c2)cc1. The zero-order chi connectivity index (χ0) is 16.9. The number of H-pyrrole nitrogens is 1. The van der Waals surface area contributed by atoms with Crippen LogP contribution in [-0.2, 0) is 12.8 Å². The van der Waals surface area contributed by atoms with E-state index in [-0.39, 0.29) is 5.56 Å². The summed E-state index contributed by atoms with van der Waals surface area (Å²) in [4.78, 5) is 14.9. The molecule has 0 spiro atoms. The topological polar surface area (TPSA) is 56.6 Å². The van der Waals surface area contributed by atoms with E-state index in [1.807, 2.05) is 54.6 Å². The third-order valence-corrected chi connectivity index (χ3v) is 4.11. The Balaban J connectivity index is 1.89. The van der Waals surface area contributed by atoms with Gasteiger partial charge in [0.15, 0.2) is 0 Å². The van der Waals surface area contributed by atoms with Crippen molar-refractivity contribution in [1.82, 2.24) is 4.98 Å². The van der Waals surface area contributed by atoms with Crippen molar-refractivity contribution in [2.75, 3.05) is 0 Å². The van der Waals surface area contributed by atoms with Gasteiger partial charge < -0.3 is 4.98 Å². The molecule has 1 aromatic heterocycles. The third kappa shape index (κ3) is 3.73. The molecular formula is C20H15ClN2O. The van der Waals surface area contributed by atoms with Crippen LogP contribution in [0.2, 0.25) is 5.02 Å². The van der Waals surface area contributed by atoms with E-state index in [2.05, 4.69) is 11.1 Å². The van der Waals surface area contributed by atoms with E-state index in [0.717, 1.165) is 22.3 Å². The minimum absolute atomic E-state index is 0.0881. The molecule has 0 aliphatic carbocycles. The molecule has 118 valence electrons. The number of halogens is 1. The van der Waals surface area contributed by atoms with Crippen molar-refractivity contribution in [3.05, 3.63) is 92.9 Å². The van der Waals surface area contributed by atoms with Crippen molar-refractivity contribution in [3.8, 4) is 17.2 Å². The standard InChI is InChI=1S/C20H15ClN2O/c21-19-7-3-15(4-8-19)11-17-12-18(13-23-20(17)24)16-5-1-14(2-6-16)9-10-22/h1-8,12-13H,9,11H2,(H,23,24). The first-order chi connectivity index (χ1) is 11.7. The molecule has 1 N–H and O–H groups in total. The average Bonchev–Trinajstić information content (AvgIpc) is 2.60. The Kier molecular flexibility index (Phi) is 4.79. The lowest BCUT2D eigenvalue weighted by atomic mass is 10.0. The summed E-state index contributed by atoms with van der Waals surface area (Å²) in [5.74, 6) is 0. The molecule has 0 radical (unpaired) electrons. The quantitative estimate of drug-likeness (QED) is 0.771. The van der Waals surface area contributed by atoms with Gasteiger partial charge >= 0.3 is 0 Å². The molecule has 0 aliphatic rings. The maximum Gasteiger partial charge on any atom is 0.251 e. The number of rotatable bonds is 4. The van der Waals surface area contributed by atoms with Gasteiger partial charge in [0.1, 0.15) is 0 Å². The fraction of sp³-hybridized carbons (Fsp3) is 0.100. The summed E-state index contributed by atoms with van der Waals surface area (Å²) >= 11 is 5.90. The van der Waals surface area contributed by atoms with E-state index in [1.165, 1.54) is 0 Å². The number of hydrogen-bond acceptors (Lipinski definition) is 2. The maximum absolute atomic E-state index is 12.1. The van der Waals surface area contributed by atoms with Gasteiger partial charge in [0.05, 0.1) is 12.5 Å². The van der Waals surface area contributed by atoms with E-state index >= 15 is 0 Å².